The predicted octanol–water partition coefficient (Wildman–Crippen LogP) is 3.97. The third kappa shape index (κ3) is 8.27. The van der Waals surface area contributed by atoms with Crippen LogP contribution in [-0.2, 0) is 42.7 Å². The summed E-state index contributed by atoms with van der Waals surface area (Å²) in [7, 11) is 1.91. The number of nitrogens with zero attached hydrogens (tertiary/aromatic N) is 8. The zero-order valence-corrected chi connectivity index (χ0v) is 33.2. The highest BCUT2D eigenvalue weighted by atomic mass is 16.3. The maximum absolute atomic E-state index is 14.7. The molecule has 304 valence electrons. The first-order valence-corrected chi connectivity index (χ1v) is 20.0. The number of fused-ring (bicyclic) bond motifs is 2. The number of hydrazine groups is 1. The van der Waals surface area contributed by atoms with Crippen molar-refractivity contribution in [3.05, 3.63) is 144 Å². The van der Waals surface area contributed by atoms with Crippen molar-refractivity contribution in [2.24, 2.45) is 7.05 Å². The van der Waals surface area contributed by atoms with Gasteiger partial charge in [0, 0.05) is 89.8 Å². The number of hydrogen-bond donors (Lipinski definition) is 2. The first-order chi connectivity index (χ1) is 28.7. The lowest BCUT2D eigenvalue weighted by atomic mass is 9.98. The Morgan fingerprint density at radius 3 is 2.36 bits per heavy atom. The van der Waals surface area contributed by atoms with Crippen LogP contribution in [0.3, 0.4) is 0 Å². The molecule has 0 saturated carbocycles. The molecule has 0 aliphatic carbocycles. The van der Waals surface area contributed by atoms with Crippen LogP contribution < -0.4 is 5.32 Å². The van der Waals surface area contributed by atoms with Gasteiger partial charge >= 0.3 is 6.03 Å². The van der Waals surface area contributed by atoms with Crippen LogP contribution in [-0.4, -0.2) is 126 Å². The Kier molecular flexibility index (Phi) is 11.4. The van der Waals surface area contributed by atoms with Gasteiger partial charge in [0.1, 0.15) is 18.0 Å². The van der Waals surface area contributed by atoms with Crippen molar-refractivity contribution in [2.75, 3.05) is 45.8 Å². The molecule has 14 heteroatoms. The summed E-state index contributed by atoms with van der Waals surface area (Å²) < 4.78 is 1.95. The van der Waals surface area contributed by atoms with E-state index in [1.165, 1.54) is 5.56 Å². The van der Waals surface area contributed by atoms with Crippen molar-refractivity contribution in [3.8, 4) is 5.75 Å². The third-order valence-corrected chi connectivity index (χ3v) is 11.5. The van der Waals surface area contributed by atoms with E-state index in [9.17, 15) is 24.3 Å². The monoisotopic (exact) mass is 795 g/mol. The van der Waals surface area contributed by atoms with E-state index in [1.54, 1.807) is 62.6 Å². The second kappa shape index (κ2) is 17.1. The molecule has 5 heterocycles. The smallest absolute Gasteiger partial charge is 0.334 e. The van der Waals surface area contributed by atoms with Gasteiger partial charge in [-0.15, -0.1) is 6.58 Å². The van der Waals surface area contributed by atoms with Crippen molar-refractivity contribution < 1.29 is 24.3 Å². The molecule has 3 fully saturated rings. The fourth-order valence-electron chi connectivity index (χ4n) is 8.64. The number of aromatic nitrogens is 2. The topological polar surface area (TPSA) is 138 Å². The molecule has 2 atom stereocenters. The summed E-state index contributed by atoms with van der Waals surface area (Å²) >= 11 is 0. The summed E-state index contributed by atoms with van der Waals surface area (Å²) in [5.41, 5.74) is 5.14. The lowest BCUT2D eigenvalue weighted by molar-refractivity contribution is -0.189. The fraction of sp³-hybridized carbons (Fsp3) is 0.311. The molecule has 2 aromatic heterocycles. The predicted molar refractivity (Wildman–Crippen MR) is 222 cm³/mol. The molecule has 3 aliphatic heterocycles. The van der Waals surface area contributed by atoms with E-state index in [4.69, 9.17) is 0 Å². The molecule has 0 spiro atoms. The van der Waals surface area contributed by atoms with Crippen LogP contribution in [0.2, 0.25) is 0 Å². The van der Waals surface area contributed by atoms with Crippen molar-refractivity contribution in [3.63, 3.8) is 0 Å². The minimum Gasteiger partial charge on any atom is -0.508 e. The summed E-state index contributed by atoms with van der Waals surface area (Å²) in [6.07, 6.45) is 6.48. The number of amides is 5. The molecule has 0 radical (unpaired) electrons. The molecule has 3 aromatic carbocycles. The van der Waals surface area contributed by atoms with Crippen LogP contribution >= 0.6 is 0 Å². The van der Waals surface area contributed by atoms with E-state index in [1.807, 2.05) is 83.4 Å². The molecule has 2 N–H and O–H groups in total. The van der Waals surface area contributed by atoms with Crippen LogP contribution in [0.1, 0.15) is 32.6 Å². The second-order valence-electron chi connectivity index (χ2n) is 15.4. The first-order valence-electron chi connectivity index (χ1n) is 20.0. The number of carbonyl (C=O) groups is 4. The van der Waals surface area contributed by atoms with Gasteiger partial charge < -0.3 is 29.7 Å². The van der Waals surface area contributed by atoms with Gasteiger partial charge in [-0.2, -0.15) is 0 Å². The van der Waals surface area contributed by atoms with Crippen LogP contribution in [0, 0.1) is 0 Å². The van der Waals surface area contributed by atoms with Crippen molar-refractivity contribution >= 4 is 34.7 Å². The number of aryl methyl sites for hydroxylation is 1. The molecule has 59 heavy (non-hydrogen) atoms. The maximum Gasteiger partial charge on any atom is 0.334 e. The Labute approximate surface area is 343 Å². The number of rotatable bonds is 11. The van der Waals surface area contributed by atoms with Crippen LogP contribution in [0.4, 0.5) is 4.79 Å². The summed E-state index contributed by atoms with van der Waals surface area (Å²) in [4.78, 5) is 68.8. The maximum atomic E-state index is 14.7. The fourth-order valence-corrected chi connectivity index (χ4v) is 8.64. The van der Waals surface area contributed by atoms with E-state index >= 15 is 0 Å². The van der Waals surface area contributed by atoms with Gasteiger partial charge in [0.2, 0.25) is 11.8 Å². The van der Waals surface area contributed by atoms with Crippen molar-refractivity contribution in [2.45, 2.75) is 38.3 Å². The second-order valence-corrected chi connectivity index (χ2v) is 15.4. The summed E-state index contributed by atoms with van der Waals surface area (Å²) in [6.45, 7) is 8.08. The van der Waals surface area contributed by atoms with Crippen molar-refractivity contribution in [1.82, 2.24) is 44.5 Å². The molecule has 0 unspecified atom stereocenters. The normalized spacial score (nSPS) is 18.9. The van der Waals surface area contributed by atoms with Gasteiger partial charge in [-0.3, -0.25) is 24.3 Å². The summed E-state index contributed by atoms with van der Waals surface area (Å²) in [6, 6.07) is 24.7. The Bertz CT molecular complexity index is 2330. The van der Waals surface area contributed by atoms with E-state index < -0.39 is 18.2 Å². The van der Waals surface area contributed by atoms with E-state index in [-0.39, 0.29) is 62.6 Å². The number of aromatic hydroxyl groups is 1. The molecule has 5 aromatic rings. The highest BCUT2D eigenvalue weighted by Gasteiger charge is 2.51. The SMILES string of the molecule is C=CCN1CC(=O)N2[C@@H](Cc3ccc(O)cc3)C(=O)N(Cc3cccc4c(C(=O)N5CCN(Cc6ccncc6)CC5)cn(C)c34)C[C@@H]2N1C(=O)NCc1ccccc1. The van der Waals surface area contributed by atoms with Crippen LogP contribution in [0.25, 0.3) is 10.9 Å². The molecule has 8 rings (SSSR count). The summed E-state index contributed by atoms with van der Waals surface area (Å²) in [5.74, 6) is -0.464. The number of urea groups is 1. The highest BCUT2D eigenvalue weighted by molar-refractivity contribution is 6.07. The summed E-state index contributed by atoms with van der Waals surface area (Å²) in [5, 5.41) is 17.1. The molecular weight excluding hydrogens is 747 g/mol. The largest absolute Gasteiger partial charge is 0.508 e. The van der Waals surface area contributed by atoms with Gasteiger partial charge in [0.25, 0.3) is 5.91 Å². The minimum absolute atomic E-state index is 0.0323. The number of nitrogens with one attached hydrogen (secondary N) is 1. The number of benzene rings is 3. The van der Waals surface area contributed by atoms with Crippen LogP contribution in [0.5, 0.6) is 5.75 Å². The lowest BCUT2D eigenvalue weighted by Gasteiger charge is -2.55. The molecule has 3 aliphatic rings. The Balaban J connectivity index is 1.08. The van der Waals surface area contributed by atoms with Crippen LogP contribution in [0.15, 0.2) is 116 Å². The van der Waals surface area contributed by atoms with Gasteiger partial charge in [0.15, 0.2) is 0 Å². The lowest BCUT2D eigenvalue weighted by Crippen LogP contribution is -2.76. The van der Waals surface area contributed by atoms with E-state index in [0.29, 0.717) is 18.7 Å². The number of phenolic OH excluding ortho intramolecular Hbond substituents is 1. The quantitative estimate of drug-likeness (QED) is 0.192. The molecular formula is C45H49N9O5. The third-order valence-electron chi connectivity index (χ3n) is 11.5. The Morgan fingerprint density at radius 2 is 1.63 bits per heavy atom. The number of carbonyl (C=O) groups excluding carboxylic acids is 4. The number of piperazine rings is 2. The highest BCUT2D eigenvalue weighted by Crippen LogP contribution is 2.32. The van der Waals surface area contributed by atoms with Gasteiger partial charge in [0.05, 0.1) is 24.2 Å². The molecule has 14 nitrogen and oxygen atoms in total. The van der Waals surface area contributed by atoms with Crippen molar-refractivity contribution in [1.29, 1.82) is 0 Å². The number of para-hydroxylation sites is 1. The van der Waals surface area contributed by atoms with E-state index in [2.05, 4.69) is 21.8 Å². The van der Waals surface area contributed by atoms with Gasteiger partial charge in [-0.05, 0) is 46.5 Å². The van der Waals surface area contributed by atoms with Gasteiger partial charge in [-0.25, -0.2) is 14.8 Å². The molecule has 0 bridgehead atoms. The zero-order chi connectivity index (χ0) is 41.0. The minimum atomic E-state index is -0.928. The average molecular weight is 796 g/mol. The Morgan fingerprint density at radius 1 is 0.881 bits per heavy atom. The number of hydrogen-bond acceptors (Lipinski definition) is 8. The van der Waals surface area contributed by atoms with Gasteiger partial charge in [-0.1, -0.05) is 66.7 Å². The standard InChI is InChI=1S/C45H49N9O5/c1-3-20-52-31-41(56)53-39(25-32-12-14-36(55)15-13-32)44(58)51(30-40(53)54(52)45(59)47-26-33-8-5-4-6-9-33)28-35-10-7-11-37-38(29-48(2)42(35)37)43(57)50-23-21-49(22-24-50)27-34-16-18-46-19-17-34/h3-19,29,39-40,55H,1,20-28,30-31H2,2H3,(H,47,59)/t39-,40-/m0/s1. The van der Waals surface area contributed by atoms with E-state index in [0.717, 1.165) is 47.2 Å². The number of pyridine rings is 1. The zero-order valence-electron chi connectivity index (χ0n) is 33.2. The number of phenols is 1. The Hall–Kier alpha value is -6.51. The molecule has 5 amide bonds. The first kappa shape index (κ1) is 39.3. The average Bonchev–Trinajstić information content (AvgIpc) is 3.59. The molecule has 3 saturated heterocycles.